The van der Waals surface area contributed by atoms with Crippen molar-refractivity contribution in [1.82, 2.24) is 15.1 Å². The number of para-hydroxylation sites is 1. The van der Waals surface area contributed by atoms with Crippen LogP contribution in [0.4, 0.5) is 0 Å². The SMILES string of the molecule is O=C(CN1CCC(C(=O)N2CCCCC2)CC1)NC1CCOc2ccccc21. The molecule has 3 aliphatic heterocycles. The summed E-state index contributed by atoms with van der Waals surface area (Å²) in [4.78, 5) is 29.5. The molecule has 0 saturated carbocycles. The van der Waals surface area contributed by atoms with Crippen molar-refractivity contribution in [2.45, 2.75) is 44.6 Å². The molecule has 6 nitrogen and oxygen atoms in total. The number of amides is 2. The molecule has 6 heteroatoms. The van der Waals surface area contributed by atoms with Crippen LogP contribution in [0.1, 0.15) is 50.1 Å². The second-order valence-electron chi connectivity index (χ2n) is 8.23. The molecule has 0 aromatic heterocycles. The van der Waals surface area contributed by atoms with E-state index < -0.39 is 0 Å². The number of nitrogens with one attached hydrogen (secondary N) is 1. The van der Waals surface area contributed by atoms with Crippen molar-refractivity contribution in [2.24, 2.45) is 5.92 Å². The van der Waals surface area contributed by atoms with E-state index in [1.165, 1.54) is 6.42 Å². The monoisotopic (exact) mass is 385 g/mol. The van der Waals surface area contributed by atoms with Gasteiger partial charge in [0.1, 0.15) is 5.75 Å². The van der Waals surface area contributed by atoms with E-state index in [-0.39, 0.29) is 17.9 Å². The van der Waals surface area contributed by atoms with Gasteiger partial charge in [0.2, 0.25) is 11.8 Å². The van der Waals surface area contributed by atoms with Crippen molar-refractivity contribution >= 4 is 11.8 Å². The number of ether oxygens (including phenoxy) is 1. The van der Waals surface area contributed by atoms with Crippen LogP contribution >= 0.6 is 0 Å². The molecule has 4 rings (SSSR count). The van der Waals surface area contributed by atoms with E-state index in [0.29, 0.717) is 19.1 Å². The van der Waals surface area contributed by atoms with Crippen LogP contribution in [-0.4, -0.2) is 60.9 Å². The minimum atomic E-state index is 0.0238. The highest BCUT2D eigenvalue weighted by Gasteiger charge is 2.30. The molecule has 2 amide bonds. The van der Waals surface area contributed by atoms with Gasteiger partial charge in [-0.1, -0.05) is 18.2 Å². The molecule has 3 aliphatic rings. The Kier molecular flexibility index (Phi) is 6.15. The fourth-order valence-electron chi connectivity index (χ4n) is 4.65. The third kappa shape index (κ3) is 4.49. The average Bonchev–Trinajstić information content (AvgIpc) is 2.75. The maximum atomic E-state index is 12.7. The van der Waals surface area contributed by atoms with Gasteiger partial charge in [-0.25, -0.2) is 0 Å². The zero-order valence-electron chi connectivity index (χ0n) is 16.6. The zero-order chi connectivity index (χ0) is 19.3. The van der Waals surface area contributed by atoms with Crippen molar-refractivity contribution in [2.75, 3.05) is 39.3 Å². The molecule has 1 aromatic carbocycles. The van der Waals surface area contributed by atoms with E-state index >= 15 is 0 Å². The van der Waals surface area contributed by atoms with Crippen molar-refractivity contribution in [1.29, 1.82) is 0 Å². The molecule has 1 aromatic rings. The third-order valence-electron chi connectivity index (χ3n) is 6.27. The van der Waals surface area contributed by atoms with Gasteiger partial charge in [-0.3, -0.25) is 14.5 Å². The molecule has 28 heavy (non-hydrogen) atoms. The number of carbonyl (C=O) groups excluding carboxylic acids is 2. The van der Waals surface area contributed by atoms with Crippen LogP contribution < -0.4 is 10.1 Å². The van der Waals surface area contributed by atoms with E-state index in [1.54, 1.807) is 0 Å². The van der Waals surface area contributed by atoms with Crippen LogP contribution in [0.5, 0.6) is 5.75 Å². The maximum absolute atomic E-state index is 12.7. The lowest BCUT2D eigenvalue weighted by Gasteiger charge is -2.35. The highest BCUT2D eigenvalue weighted by Crippen LogP contribution is 2.31. The first-order valence-electron chi connectivity index (χ1n) is 10.7. The number of fused-ring (bicyclic) bond motifs is 1. The Morgan fingerprint density at radius 1 is 1.00 bits per heavy atom. The standard InChI is InChI=1S/C22H31N3O3/c26-21(23-19-10-15-28-20-7-3-2-6-18(19)20)16-24-13-8-17(9-14-24)22(27)25-11-4-1-5-12-25/h2-3,6-7,17,19H,1,4-5,8-16H2,(H,23,26). The Morgan fingerprint density at radius 2 is 1.75 bits per heavy atom. The Hall–Kier alpha value is -2.08. The molecule has 2 fully saturated rings. The van der Waals surface area contributed by atoms with Crippen LogP contribution in [0.3, 0.4) is 0 Å². The Labute approximate surface area is 167 Å². The van der Waals surface area contributed by atoms with E-state index in [1.807, 2.05) is 24.3 Å². The molecular weight excluding hydrogens is 354 g/mol. The van der Waals surface area contributed by atoms with Gasteiger partial charge in [0.25, 0.3) is 0 Å². The first-order valence-corrected chi connectivity index (χ1v) is 10.7. The lowest BCUT2D eigenvalue weighted by molar-refractivity contribution is -0.138. The van der Waals surface area contributed by atoms with Crippen LogP contribution in [0, 0.1) is 5.92 Å². The van der Waals surface area contributed by atoms with Crippen molar-refractivity contribution < 1.29 is 14.3 Å². The summed E-state index contributed by atoms with van der Waals surface area (Å²) in [6.07, 6.45) is 6.05. The van der Waals surface area contributed by atoms with Crippen molar-refractivity contribution in [3.8, 4) is 5.75 Å². The average molecular weight is 386 g/mol. The number of piperidine rings is 2. The van der Waals surface area contributed by atoms with E-state index in [2.05, 4.69) is 15.1 Å². The number of hydrogen-bond donors (Lipinski definition) is 1. The largest absolute Gasteiger partial charge is 0.493 e. The molecule has 0 radical (unpaired) electrons. The van der Waals surface area contributed by atoms with Gasteiger partial charge < -0.3 is 15.0 Å². The summed E-state index contributed by atoms with van der Waals surface area (Å²) in [5, 5.41) is 3.17. The third-order valence-corrected chi connectivity index (χ3v) is 6.27. The zero-order valence-corrected chi connectivity index (χ0v) is 16.6. The quantitative estimate of drug-likeness (QED) is 0.864. The number of rotatable bonds is 4. The second-order valence-corrected chi connectivity index (χ2v) is 8.23. The molecule has 1 unspecified atom stereocenters. The molecular formula is C22H31N3O3. The molecule has 1 atom stereocenters. The molecule has 0 spiro atoms. The molecule has 152 valence electrons. The van der Waals surface area contributed by atoms with Gasteiger partial charge in [0.05, 0.1) is 19.2 Å². The van der Waals surface area contributed by atoms with Crippen LogP contribution in [0.25, 0.3) is 0 Å². The predicted molar refractivity (Wildman–Crippen MR) is 107 cm³/mol. The summed E-state index contributed by atoms with van der Waals surface area (Å²) in [6.45, 7) is 4.53. The first-order chi connectivity index (χ1) is 13.7. The Bertz CT molecular complexity index is 694. The van der Waals surface area contributed by atoms with Gasteiger partial charge in [-0.15, -0.1) is 0 Å². The summed E-state index contributed by atoms with van der Waals surface area (Å²) in [5.74, 6) is 1.40. The minimum absolute atomic E-state index is 0.0238. The fraction of sp³-hybridized carbons (Fsp3) is 0.636. The Balaban J connectivity index is 1.24. The predicted octanol–water partition coefficient (Wildman–Crippen LogP) is 2.35. The van der Waals surface area contributed by atoms with E-state index in [0.717, 1.165) is 69.6 Å². The molecule has 2 saturated heterocycles. The second kappa shape index (κ2) is 8.95. The van der Waals surface area contributed by atoms with Crippen molar-refractivity contribution in [3.63, 3.8) is 0 Å². The van der Waals surface area contributed by atoms with Gasteiger partial charge >= 0.3 is 0 Å². The van der Waals surface area contributed by atoms with E-state index in [4.69, 9.17) is 4.74 Å². The highest BCUT2D eigenvalue weighted by molar-refractivity contribution is 5.80. The normalized spacial score (nSPS) is 23.6. The molecule has 1 N–H and O–H groups in total. The summed E-state index contributed by atoms with van der Waals surface area (Å²) >= 11 is 0. The minimum Gasteiger partial charge on any atom is -0.493 e. The summed E-state index contributed by atoms with van der Waals surface area (Å²) in [6, 6.07) is 7.94. The number of nitrogens with zero attached hydrogens (tertiary/aromatic N) is 2. The van der Waals surface area contributed by atoms with Gasteiger partial charge in [-0.2, -0.15) is 0 Å². The van der Waals surface area contributed by atoms with Crippen molar-refractivity contribution in [3.05, 3.63) is 29.8 Å². The molecule has 3 heterocycles. The van der Waals surface area contributed by atoms with Crippen LogP contribution in [-0.2, 0) is 9.59 Å². The number of carbonyl (C=O) groups is 2. The number of likely N-dealkylation sites (tertiary alicyclic amines) is 2. The summed E-state index contributed by atoms with van der Waals surface area (Å²) in [7, 11) is 0. The number of benzene rings is 1. The topological polar surface area (TPSA) is 61.9 Å². The van der Waals surface area contributed by atoms with E-state index in [9.17, 15) is 9.59 Å². The van der Waals surface area contributed by atoms with Gasteiger partial charge in [-0.05, 0) is 51.3 Å². The molecule has 0 aliphatic carbocycles. The Morgan fingerprint density at radius 3 is 2.54 bits per heavy atom. The smallest absolute Gasteiger partial charge is 0.234 e. The maximum Gasteiger partial charge on any atom is 0.234 e. The summed E-state index contributed by atoms with van der Waals surface area (Å²) < 4.78 is 5.67. The summed E-state index contributed by atoms with van der Waals surface area (Å²) in [5.41, 5.74) is 1.06. The highest BCUT2D eigenvalue weighted by atomic mass is 16.5. The first kappa shape index (κ1) is 19.2. The fourth-order valence-corrected chi connectivity index (χ4v) is 4.65. The van der Waals surface area contributed by atoms with Gasteiger partial charge in [0, 0.05) is 31.0 Å². The van der Waals surface area contributed by atoms with Crippen LogP contribution in [0.2, 0.25) is 0 Å². The lowest BCUT2D eigenvalue weighted by Crippen LogP contribution is -2.47. The number of hydrogen-bond acceptors (Lipinski definition) is 4. The van der Waals surface area contributed by atoms with Crippen LogP contribution in [0.15, 0.2) is 24.3 Å². The van der Waals surface area contributed by atoms with Gasteiger partial charge in [0.15, 0.2) is 0 Å². The molecule has 0 bridgehead atoms. The lowest BCUT2D eigenvalue weighted by atomic mass is 9.94.